The van der Waals surface area contributed by atoms with E-state index in [0.29, 0.717) is 16.9 Å². The molecule has 0 saturated carbocycles. The molecule has 2 amide bonds. The number of carbonyl (C=O) groups is 2. The molecule has 3 heterocycles. The summed E-state index contributed by atoms with van der Waals surface area (Å²) in [5, 5.41) is 25.3. The first kappa shape index (κ1) is 26.9. The van der Waals surface area contributed by atoms with Crippen LogP contribution in [-0.2, 0) is 18.4 Å². The number of aryl methyl sites for hydroxylation is 1. The number of anilines is 2. The summed E-state index contributed by atoms with van der Waals surface area (Å²) in [6, 6.07) is 3.96. The highest BCUT2D eigenvalue weighted by Crippen LogP contribution is 2.36. The van der Waals surface area contributed by atoms with Gasteiger partial charge in [0.05, 0.1) is 45.8 Å². The third-order valence-electron chi connectivity index (χ3n) is 5.69. The number of aliphatic hydroxyl groups excluding tert-OH is 1. The molecule has 198 valence electrons. The molecule has 0 aliphatic heterocycles. The summed E-state index contributed by atoms with van der Waals surface area (Å²) in [6.45, 7) is 1.39. The Bertz CT molecular complexity index is 1630. The van der Waals surface area contributed by atoms with Gasteiger partial charge in [-0.2, -0.15) is 0 Å². The number of hydrogen-bond donors (Lipinski definition) is 5. The SMILES string of the molecule is C[C@@H](CO)Nc1cc(NC(=O)Cn2cc(-c3cc(Cl)c(O)c(C(N)=O)c3)c3c(=O)n(C)cnc32)c(Cl)cn1. The van der Waals surface area contributed by atoms with Crippen molar-refractivity contribution >= 4 is 57.6 Å². The summed E-state index contributed by atoms with van der Waals surface area (Å²) in [7, 11) is 1.52. The lowest BCUT2D eigenvalue weighted by atomic mass is 10.0. The second kappa shape index (κ2) is 10.7. The van der Waals surface area contributed by atoms with Crippen LogP contribution in [0.2, 0.25) is 10.0 Å². The number of carbonyl (C=O) groups excluding carboxylic acids is 2. The van der Waals surface area contributed by atoms with E-state index in [2.05, 4.69) is 20.6 Å². The van der Waals surface area contributed by atoms with Crippen molar-refractivity contribution in [3.8, 4) is 16.9 Å². The molecule has 0 unspecified atom stereocenters. The topological polar surface area (TPSA) is 177 Å². The number of pyridine rings is 1. The molecule has 0 saturated heterocycles. The van der Waals surface area contributed by atoms with Crippen molar-refractivity contribution in [1.82, 2.24) is 19.1 Å². The predicted octanol–water partition coefficient (Wildman–Crippen LogP) is 2.34. The number of hydrogen-bond acceptors (Lipinski definition) is 8. The number of aromatic nitrogens is 4. The van der Waals surface area contributed by atoms with Gasteiger partial charge in [-0.05, 0) is 24.6 Å². The Kier molecular flexibility index (Phi) is 7.58. The number of primary amides is 1. The van der Waals surface area contributed by atoms with E-state index >= 15 is 0 Å². The fourth-order valence-corrected chi connectivity index (χ4v) is 4.17. The van der Waals surface area contributed by atoms with Gasteiger partial charge in [-0.15, -0.1) is 0 Å². The van der Waals surface area contributed by atoms with Crippen molar-refractivity contribution in [2.75, 3.05) is 17.2 Å². The Hall–Kier alpha value is -4.13. The van der Waals surface area contributed by atoms with Gasteiger partial charge in [-0.1, -0.05) is 23.2 Å². The lowest BCUT2D eigenvalue weighted by Gasteiger charge is -2.14. The minimum absolute atomic E-state index is 0.116. The second-order valence-electron chi connectivity index (χ2n) is 8.57. The van der Waals surface area contributed by atoms with Gasteiger partial charge in [0, 0.05) is 30.9 Å². The maximum atomic E-state index is 13.1. The Labute approximate surface area is 225 Å². The number of nitrogens with two attached hydrogens (primary N) is 1. The van der Waals surface area contributed by atoms with Crippen LogP contribution in [0.25, 0.3) is 22.2 Å². The molecule has 0 radical (unpaired) electrons. The van der Waals surface area contributed by atoms with E-state index in [1.54, 1.807) is 6.92 Å². The number of fused-ring (bicyclic) bond motifs is 1. The quantitative estimate of drug-likeness (QED) is 0.218. The first-order valence-corrected chi connectivity index (χ1v) is 12.0. The molecule has 3 aromatic heterocycles. The van der Waals surface area contributed by atoms with Gasteiger partial charge < -0.3 is 35.7 Å². The van der Waals surface area contributed by atoms with Crippen LogP contribution in [0.1, 0.15) is 17.3 Å². The minimum atomic E-state index is -0.906. The number of aromatic hydroxyl groups is 1. The molecule has 14 heteroatoms. The van der Waals surface area contributed by atoms with E-state index in [1.165, 1.54) is 53.1 Å². The van der Waals surface area contributed by atoms with Crippen LogP contribution < -0.4 is 21.9 Å². The van der Waals surface area contributed by atoms with E-state index < -0.39 is 23.1 Å². The maximum absolute atomic E-state index is 13.1. The van der Waals surface area contributed by atoms with Crippen LogP contribution in [0.5, 0.6) is 5.75 Å². The van der Waals surface area contributed by atoms with Gasteiger partial charge in [0.1, 0.15) is 23.8 Å². The van der Waals surface area contributed by atoms with Gasteiger partial charge in [-0.3, -0.25) is 14.4 Å². The van der Waals surface area contributed by atoms with Crippen molar-refractivity contribution in [1.29, 1.82) is 0 Å². The molecule has 4 aromatic rings. The van der Waals surface area contributed by atoms with Crippen molar-refractivity contribution in [2.45, 2.75) is 19.5 Å². The van der Waals surface area contributed by atoms with Crippen LogP contribution in [0.3, 0.4) is 0 Å². The number of amides is 2. The van der Waals surface area contributed by atoms with Gasteiger partial charge in [-0.25, -0.2) is 9.97 Å². The van der Waals surface area contributed by atoms with Crippen LogP contribution in [0.4, 0.5) is 11.5 Å². The largest absolute Gasteiger partial charge is 0.506 e. The first-order chi connectivity index (χ1) is 18.0. The highest BCUT2D eigenvalue weighted by atomic mass is 35.5. The number of phenols is 1. The van der Waals surface area contributed by atoms with Gasteiger partial charge >= 0.3 is 0 Å². The Morgan fingerprint density at radius 3 is 2.61 bits per heavy atom. The molecule has 4 rings (SSSR count). The lowest BCUT2D eigenvalue weighted by Crippen LogP contribution is -2.22. The first-order valence-electron chi connectivity index (χ1n) is 11.2. The zero-order chi connectivity index (χ0) is 27.7. The number of nitrogens with one attached hydrogen (secondary N) is 2. The summed E-state index contributed by atoms with van der Waals surface area (Å²) >= 11 is 12.3. The molecule has 6 N–H and O–H groups in total. The molecule has 0 bridgehead atoms. The highest BCUT2D eigenvalue weighted by Gasteiger charge is 2.21. The monoisotopic (exact) mass is 559 g/mol. The molecular formula is C24H23Cl2N7O5. The Morgan fingerprint density at radius 2 is 1.92 bits per heavy atom. The predicted molar refractivity (Wildman–Crippen MR) is 144 cm³/mol. The minimum Gasteiger partial charge on any atom is -0.506 e. The van der Waals surface area contributed by atoms with Gasteiger partial charge in [0.2, 0.25) is 5.91 Å². The van der Waals surface area contributed by atoms with E-state index in [9.17, 15) is 24.6 Å². The molecule has 1 atom stereocenters. The molecule has 0 aliphatic carbocycles. The summed E-state index contributed by atoms with van der Waals surface area (Å²) in [5.41, 5.74) is 5.90. The van der Waals surface area contributed by atoms with Crippen LogP contribution in [-0.4, -0.2) is 53.8 Å². The van der Waals surface area contributed by atoms with Crippen molar-refractivity contribution in [2.24, 2.45) is 12.8 Å². The molecule has 12 nitrogen and oxygen atoms in total. The summed E-state index contributed by atoms with van der Waals surface area (Å²) in [5.74, 6) is -1.46. The number of nitrogens with zero attached hydrogens (tertiary/aromatic N) is 4. The van der Waals surface area contributed by atoms with E-state index in [1.807, 2.05) is 0 Å². The summed E-state index contributed by atoms with van der Waals surface area (Å²) in [6.07, 6.45) is 4.21. The summed E-state index contributed by atoms with van der Waals surface area (Å²) in [4.78, 5) is 46.4. The molecular weight excluding hydrogens is 537 g/mol. The number of benzene rings is 1. The Balaban J connectivity index is 1.73. The lowest BCUT2D eigenvalue weighted by molar-refractivity contribution is -0.116. The fraction of sp³-hybridized carbons (Fsp3) is 0.208. The highest BCUT2D eigenvalue weighted by molar-refractivity contribution is 6.34. The maximum Gasteiger partial charge on any atom is 0.263 e. The zero-order valence-electron chi connectivity index (χ0n) is 20.2. The van der Waals surface area contributed by atoms with Crippen LogP contribution >= 0.6 is 23.2 Å². The third kappa shape index (κ3) is 5.28. The summed E-state index contributed by atoms with van der Waals surface area (Å²) < 4.78 is 2.74. The van der Waals surface area contributed by atoms with Crippen LogP contribution in [0.15, 0.2) is 41.7 Å². The second-order valence-corrected chi connectivity index (χ2v) is 9.39. The average Bonchev–Trinajstić information content (AvgIpc) is 3.23. The molecule has 0 aliphatic rings. The third-order valence-corrected chi connectivity index (χ3v) is 6.28. The van der Waals surface area contributed by atoms with Crippen molar-refractivity contribution < 1.29 is 19.8 Å². The zero-order valence-corrected chi connectivity index (χ0v) is 21.7. The molecule has 0 fully saturated rings. The van der Waals surface area contributed by atoms with Crippen molar-refractivity contribution in [3.05, 3.63) is 62.9 Å². The van der Waals surface area contributed by atoms with E-state index in [4.69, 9.17) is 28.9 Å². The standard InChI is InChI=1S/C24H23Cl2N7O5/c1-11(9-34)30-18-5-17(16(26)6-28-18)31-19(35)8-33-7-14(20-23(33)29-10-32(2)24(20)38)12-3-13(22(27)37)21(36)15(25)4-12/h3-7,10-11,34,36H,8-9H2,1-2H3,(H2,27,37)(H2,28,30,31,35)/t11-/m0/s1. The van der Waals surface area contributed by atoms with E-state index in [0.717, 1.165) is 0 Å². The Morgan fingerprint density at radius 1 is 1.18 bits per heavy atom. The molecule has 0 spiro atoms. The number of aliphatic hydroxyl groups is 1. The fourth-order valence-electron chi connectivity index (χ4n) is 3.80. The van der Waals surface area contributed by atoms with Gasteiger partial charge in [0.25, 0.3) is 11.5 Å². The number of rotatable bonds is 8. The normalized spacial score (nSPS) is 11.9. The van der Waals surface area contributed by atoms with E-state index in [-0.39, 0.29) is 51.5 Å². The smallest absolute Gasteiger partial charge is 0.263 e. The van der Waals surface area contributed by atoms with Crippen molar-refractivity contribution in [3.63, 3.8) is 0 Å². The van der Waals surface area contributed by atoms with Crippen LogP contribution in [0, 0.1) is 0 Å². The molecule has 38 heavy (non-hydrogen) atoms. The number of halogens is 2. The average molecular weight is 560 g/mol. The molecule has 1 aromatic carbocycles. The van der Waals surface area contributed by atoms with Gasteiger partial charge in [0.15, 0.2) is 0 Å².